The van der Waals surface area contributed by atoms with Crippen molar-refractivity contribution in [2.24, 2.45) is 7.05 Å². The van der Waals surface area contributed by atoms with Gasteiger partial charge in [0.05, 0.1) is 18.3 Å². The summed E-state index contributed by atoms with van der Waals surface area (Å²) < 4.78 is 33.3. The Labute approximate surface area is 127 Å². The maximum Gasteiger partial charge on any atom is 0.259 e. The van der Waals surface area contributed by atoms with Gasteiger partial charge in [-0.15, -0.1) is 0 Å². The molecule has 0 spiro atoms. The Morgan fingerprint density at radius 2 is 2.19 bits per heavy atom. The van der Waals surface area contributed by atoms with Crippen molar-refractivity contribution in [2.75, 3.05) is 12.8 Å². The summed E-state index contributed by atoms with van der Waals surface area (Å²) >= 11 is 5.85. The van der Waals surface area contributed by atoms with E-state index in [-0.39, 0.29) is 16.6 Å². The summed E-state index contributed by atoms with van der Waals surface area (Å²) in [5, 5.41) is 3.78. The molecule has 2 aromatic rings. The van der Waals surface area contributed by atoms with Crippen molar-refractivity contribution in [2.45, 2.75) is 11.6 Å². The summed E-state index contributed by atoms with van der Waals surface area (Å²) in [5.74, 6) is 0.544. The fraction of sp³-hybridized carbons (Fsp3) is 0.250. The van der Waals surface area contributed by atoms with Gasteiger partial charge in [-0.05, 0) is 18.2 Å². The van der Waals surface area contributed by atoms with Crippen LogP contribution in [0.2, 0.25) is 5.02 Å². The van der Waals surface area contributed by atoms with E-state index in [9.17, 15) is 8.42 Å². The van der Waals surface area contributed by atoms with Crippen molar-refractivity contribution in [3.05, 3.63) is 35.0 Å². The number of nitrogens with two attached hydrogens (primary N) is 1. The molecular formula is C12H15ClN4O3S. The van der Waals surface area contributed by atoms with Gasteiger partial charge in [0.25, 0.3) is 10.0 Å². The fourth-order valence-electron chi connectivity index (χ4n) is 1.88. The number of aryl methyl sites for hydroxylation is 1. The molecule has 0 bridgehead atoms. The normalized spacial score (nSPS) is 11.6. The lowest BCUT2D eigenvalue weighted by molar-refractivity contribution is 0.409. The van der Waals surface area contributed by atoms with E-state index < -0.39 is 10.0 Å². The van der Waals surface area contributed by atoms with Crippen molar-refractivity contribution in [1.82, 2.24) is 14.5 Å². The Balaban J connectivity index is 2.26. The van der Waals surface area contributed by atoms with Gasteiger partial charge in [0, 0.05) is 24.8 Å². The van der Waals surface area contributed by atoms with E-state index in [4.69, 9.17) is 22.1 Å². The molecule has 0 amide bonds. The van der Waals surface area contributed by atoms with Crippen molar-refractivity contribution in [3.8, 4) is 5.75 Å². The van der Waals surface area contributed by atoms with Crippen molar-refractivity contribution >= 4 is 27.3 Å². The second-order valence-electron chi connectivity index (χ2n) is 4.32. The number of methoxy groups -OCH3 is 1. The molecule has 0 saturated carbocycles. The standard InChI is InChI=1S/C12H15ClN4O3S/c1-17-12(10(13)7-15-17)21(18,19)16-6-8-5-9(14)3-4-11(8)20-2/h3-5,7,16H,6,14H2,1-2H3. The molecule has 1 heterocycles. The molecule has 7 nitrogen and oxygen atoms in total. The van der Waals surface area contributed by atoms with Gasteiger partial charge in [-0.25, -0.2) is 13.1 Å². The molecule has 2 rings (SSSR count). The Bertz CT molecular complexity index is 738. The number of halogens is 1. The highest BCUT2D eigenvalue weighted by molar-refractivity contribution is 7.89. The van der Waals surface area contributed by atoms with E-state index in [1.54, 1.807) is 18.2 Å². The highest BCUT2D eigenvalue weighted by atomic mass is 35.5. The first-order valence-electron chi connectivity index (χ1n) is 5.94. The molecule has 0 radical (unpaired) electrons. The van der Waals surface area contributed by atoms with Crippen LogP contribution >= 0.6 is 11.6 Å². The number of nitrogen functional groups attached to an aromatic ring is 1. The van der Waals surface area contributed by atoms with Gasteiger partial charge in [-0.2, -0.15) is 5.10 Å². The van der Waals surface area contributed by atoms with Crippen LogP contribution in [0, 0.1) is 0 Å². The van der Waals surface area contributed by atoms with Crippen LogP contribution in [0.4, 0.5) is 5.69 Å². The third kappa shape index (κ3) is 3.29. The number of rotatable bonds is 5. The first-order valence-corrected chi connectivity index (χ1v) is 7.81. The van der Waals surface area contributed by atoms with Gasteiger partial charge in [0.1, 0.15) is 5.75 Å². The van der Waals surface area contributed by atoms with E-state index in [1.807, 2.05) is 0 Å². The summed E-state index contributed by atoms with van der Waals surface area (Å²) in [6.45, 7) is 0.0258. The number of aromatic nitrogens is 2. The predicted molar refractivity (Wildman–Crippen MR) is 79.6 cm³/mol. The Morgan fingerprint density at radius 3 is 2.76 bits per heavy atom. The van der Waals surface area contributed by atoms with Crippen LogP contribution in [0.1, 0.15) is 5.56 Å². The number of nitrogens with zero attached hydrogens (tertiary/aromatic N) is 2. The van der Waals surface area contributed by atoms with Crippen LogP contribution in [0.3, 0.4) is 0 Å². The predicted octanol–water partition coefficient (Wildman–Crippen LogP) is 1.14. The average Bonchev–Trinajstić information content (AvgIpc) is 2.77. The number of ether oxygens (including phenoxy) is 1. The number of benzene rings is 1. The molecule has 0 aliphatic carbocycles. The number of nitrogens with one attached hydrogen (secondary N) is 1. The zero-order chi connectivity index (χ0) is 15.6. The summed E-state index contributed by atoms with van der Waals surface area (Å²) in [5.41, 5.74) is 6.84. The van der Waals surface area contributed by atoms with Gasteiger partial charge in [0.15, 0.2) is 5.03 Å². The summed E-state index contributed by atoms with van der Waals surface area (Å²) in [4.78, 5) is 0. The second-order valence-corrected chi connectivity index (χ2v) is 6.41. The maximum atomic E-state index is 12.3. The molecule has 3 N–H and O–H groups in total. The van der Waals surface area contributed by atoms with E-state index in [2.05, 4.69) is 9.82 Å². The zero-order valence-electron chi connectivity index (χ0n) is 11.5. The van der Waals surface area contributed by atoms with Crippen molar-refractivity contribution in [1.29, 1.82) is 0 Å². The molecule has 0 saturated heterocycles. The Hall–Kier alpha value is -1.77. The average molecular weight is 331 g/mol. The van der Waals surface area contributed by atoms with Gasteiger partial charge in [-0.1, -0.05) is 11.6 Å². The lowest BCUT2D eigenvalue weighted by atomic mass is 10.2. The van der Waals surface area contributed by atoms with E-state index in [0.717, 1.165) is 0 Å². The monoisotopic (exact) mass is 330 g/mol. The van der Waals surface area contributed by atoms with E-state index >= 15 is 0 Å². The smallest absolute Gasteiger partial charge is 0.259 e. The van der Waals surface area contributed by atoms with E-state index in [1.165, 1.54) is 25.0 Å². The topological polar surface area (TPSA) is 99.2 Å². The lowest BCUT2D eigenvalue weighted by Crippen LogP contribution is -2.26. The minimum Gasteiger partial charge on any atom is -0.496 e. The minimum atomic E-state index is -3.79. The maximum absolute atomic E-state index is 12.3. The molecule has 1 aromatic carbocycles. The van der Waals surface area contributed by atoms with Crippen molar-refractivity contribution in [3.63, 3.8) is 0 Å². The Kier molecular flexibility index (Phi) is 4.40. The summed E-state index contributed by atoms with van der Waals surface area (Å²) in [6, 6.07) is 5.00. The Morgan fingerprint density at radius 1 is 1.48 bits per heavy atom. The first-order chi connectivity index (χ1) is 9.85. The van der Waals surface area contributed by atoms with Gasteiger partial charge < -0.3 is 10.5 Å². The third-order valence-electron chi connectivity index (χ3n) is 2.85. The second kappa shape index (κ2) is 5.92. The fourth-order valence-corrected chi connectivity index (χ4v) is 3.54. The number of hydrogen-bond acceptors (Lipinski definition) is 5. The molecule has 1 aromatic heterocycles. The van der Waals surface area contributed by atoms with Crippen LogP contribution < -0.4 is 15.2 Å². The summed E-state index contributed by atoms with van der Waals surface area (Å²) in [7, 11) is -0.789. The van der Waals surface area contributed by atoms with E-state index in [0.29, 0.717) is 17.0 Å². The summed E-state index contributed by atoms with van der Waals surface area (Å²) in [6.07, 6.45) is 1.28. The molecule has 0 atom stereocenters. The van der Waals surface area contributed by atoms with Crippen LogP contribution in [-0.4, -0.2) is 25.3 Å². The molecule has 9 heteroatoms. The lowest BCUT2D eigenvalue weighted by Gasteiger charge is -2.11. The van der Waals surface area contributed by atoms with Gasteiger partial charge >= 0.3 is 0 Å². The van der Waals surface area contributed by atoms with Crippen LogP contribution in [0.5, 0.6) is 5.75 Å². The van der Waals surface area contributed by atoms with Gasteiger partial charge in [0.2, 0.25) is 0 Å². The number of hydrogen-bond donors (Lipinski definition) is 2. The highest BCUT2D eigenvalue weighted by Crippen LogP contribution is 2.23. The molecule has 21 heavy (non-hydrogen) atoms. The van der Waals surface area contributed by atoms with Crippen LogP contribution in [0.15, 0.2) is 29.4 Å². The molecule has 114 valence electrons. The van der Waals surface area contributed by atoms with Crippen molar-refractivity contribution < 1.29 is 13.2 Å². The molecule has 0 aliphatic rings. The molecule has 0 aliphatic heterocycles. The number of sulfonamides is 1. The van der Waals surface area contributed by atoms with Crippen LogP contribution in [0.25, 0.3) is 0 Å². The minimum absolute atomic E-state index is 0.0258. The van der Waals surface area contributed by atoms with Gasteiger partial charge in [-0.3, -0.25) is 4.68 Å². The number of anilines is 1. The highest BCUT2D eigenvalue weighted by Gasteiger charge is 2.22. The first kappa shape index (κ1) is 15.6. The SMILES string of the molecule is COc1ccc(N)cc1CNS(=O)(=O)c1c(Cl)cnn1C. The quantitative estimate of drug-likeness (QED) is 0.801. The largest absolute Gasteiger partial charge is 0.496 e. The molecular weight excluding hydrogens is 316 g/mol. The molecule has 0 unspecified atom stereocenters. The third-order valence-corrected chi connectivity index (χ3v) is 4.76. The molecule has 0 fully saturated rings. The zero-order valence-corrected chi connectivity index (χ0v) is 13.1. The van der Waals surface area contributed by atoms with Crippen LogP contribution in [-0.2, 0) is 23.6 Å².